The summed E-state index contributed by atoms with van der Waals surface area (Å²) in [6.45, 7) is 0. The Morgan fingerprint density at radius 3 is 1.44 bits per heavy atom. The minimum atomic E-state index is 0. The highest BCUT2D eigenvalue weighted by atomic mass is 127. The van der Waals surface area contributed by atoms with Gasteiger partial charge >= 0.3 is 0 Å². The molecule has 0 bridgehead atoms. The Labute approximate surface area is 252 Å². The van der Waals surface area contributed by atoms with Crippen molar-refractivity contribution >= 4 is 65.2 Å². The molecule has 3 aromatic heterocycles. The van der Waals surface area contributed by atoms with Crippen molar-refractivity contribution in [2.45, 2.75) is 0 Å². The van der Waals surface area contributed by atoms with Crippen molar-refractivity contribution in [1.82, 2.24) is 15.0 Å². The van der Waals surface area contributed by atoms with E-state index in [9.17, 15) is 0 Å². The average molecular weight is 639 g/mol. The zero-order valence-electron chi connectivity index (χ0n) is 21.9. The monoisotopic (exact) mass is 638 g/mol. The molecule has 5 heteroatoms. The van der Waals surface area contributed by atoms with Crippen LogP contribution < -0.4 is 29.0 Å². The lowest BCUT2D eigenvalue weighted by molar-refractivity contribution is -0.351. The predicted molar refractivity (Wildman–Crippen MR) is 165 cm³/mol. The van der Waals surface area contributed by atoms with E-state index < -0.39 is 0 Å². The first-order valence-corrected chi connectivity index (χ1v) is 13.6. The van der Waals surface area contributed by atoms with Gasteiger partial charge in [0.1, 0.15) is 0 Å². The van der Waals surface area contributed by atoms with Gasteiger partial charge in [-0.3, -0.25) is 4.98 Å². The van der Waals surface area contributed by atoms with Gasteiger partial charge in [-0.25, -0.2) is 4.98 Å². The summed E-state index contributed by atoms with van der Waals surface area (Å²) in [5.74, 6) is 0. The molecule has 4 nitrogen and oxygen atoms in total. The van der Waals surface area contributed by atoms with E-state index in [0.717, 1.165) is 44.6 Å². The zero-order chi connectivity index (χ0) is 26.2. The van der Waals surface area contributed by atoms with Crippen molar-refractivity contribution in [3.8, 4) is 22.5 Å². The topological polar surface area (TPSA) is 58.6 Å². The standard InChI is InChI=1S/C36H22N4.HI/c1-3-9-23-21(7-1)15-17-29-33(23)27-13-5-11-25(35(27)39-29)31-19-37-20-32(38-31)26-12-6-14-28-34-24-10-4-2-8-22(24)16-18-30(34)40-36(26)28;/h1-20,39-40H;1H. The van der Waals surface area contributed by atoms with Gasteiger partial charge in [0.2, 0.25) is 11.4 Å². The number of nitrogens with one attached hydrogen (secondary N) is 3. The molecule has 41 heavy (non-hydrogen) atoms. The fourth-order valence-corrected chi connectivity index (χ4v) is 6.51. The normalized spacial score (nSPS) is 11.7. The van der Waals surface area contributed by atoms with E-state index >= 15 is 0 Å². The van der Waals surface area contributed by atoms with Crippen molar-refractivity contribution in [1.29, 1.82) is 0 Å². The van der Waals surface area contributed by atoms with E-state index in [1.54, 1.807) is 0 Å². The zero-order valence-corrected chi connectivity index (χ0v) is 24.0. The maximum atomic E-state index is 4.70. The molecule has 3 heterocycles. The van der Waals surface area contributed by atoms with Gasteiger partial charge in [-0.1, -0.05) is 84.9 Å². The molecule has 6 aromatic carbocycles. The van der Waals surface area contributed by atoms with E-state index in [4.69, 9.17) is 4.98 Å². The second-order valence-corrected chi connectivity index (χ2v) is 10.5. The second-order valence-electron chi connectivity index (χ2n) is 10.5. The lowest BCUT2D eigenvalue weighted by atomic mass is 10.0. The summed E-state index contributed by atoms with van der Waals surface area (Å²) in [6.07, 6.45) is 3.83. The second kappa shape index (κ2) is 9.14. The first-order chi connectivity index (χ1) is 19.8. The third-order valence-corrected chi connectivity index (χ3v) is 8.30. The molecule has 194 valence electrons. The number of para-hydroxylation sites is 2. The Hall–Kier alpha value is -4.75. The van der Waals surface area contributed by atoms with Crippen molar-refractivity contribution in [3.63, 3.8) is 0 Å². The number of rotatable bonds is 2. The number of benzene rings is 6. The molecule has 9 aromatic rings. The molecule has 0 atom stereocenters. The molecule has 0 spiro atoms. The molecule has 0 aliphatic carbocycles. The van der Waals surface area contributed by atoms with Crippen LogP contribution in [0.4, 0.5) is 0 Å². The average Bonchev–Trinajstić information content (AvgIpc) is 3.60. The molecular weight excluding hydrogens is 615 g/mol. The third-order valence-electron chi connectivity index (χ3n) is 8.30. The fourth-order valence-electron chi connectivity index (χ4n) is 6.51. The SMILES string of the molecule is [I-].c1ccc2c(c1)ccc1[nH]c3c(-c4cncc(-c5cccc6c5[nH]c5ccc7ccccc7c56)[nH+]4)cccc3c12. The number of hydrogen-bond donors (Lipinski definition) is 2. The molecular formula is C36H23IN4. The quantitative estimate of drug-likeness (QED) is 0.231. The van der Waals surface area contributed by atoms with Gasteiger partial charge in [0, 0.05) is 32.6 Å². The molecule has 0 unspecified atom stereocenters. The molecule has 0 saturated carbocycles. The number of hydrogen-bond acceptors (Lipinski definition) is 1. The largest absolute Gasteiger partial charge is 1.00 e. The summed E-state index contributed by atoms with van der Waals surface area (Å²) < 4.78 is 0. The number of aromatic amines is 3. The van der Waals surface area contributed by atoms with E-state index in [1.807, 2.05) is 12.4 Å². The molecule has 3 N–H and O–H groups in total. The molecule has 0 amide bonds. The first kappa shape index (κ1) is 24.1. The van der Waals surface area contributed by atoms with Crippen LogP contribution in [0.25, 0.3) is 87.7 Å². The molecule has 0 saturated heterocycles. The van der Waals surface area contributed by atoms with Gasteiger partial charge in [0.05, 0.1) is 34.6 Å². The predicted octanol–water partition coefficient (Wildman–Crippen LogP) is 5.81. The van der Waals surface area contributed by atoms with Crippen LogP contribution in [0.5, 0.6) is 0 Å². The lowest BCUT2D eigenvalue weighted by Gasteiger charge is -2.03. The van der Waals surface area contributed by atoms with Crippen LogP contribution >= 0.6 is 0 Å². The van der Waals surface area contributed by atoms with Gasteiger partial charge in [-0.2, -0.15) is 0 Å². The summed E-state index contributed by atoms with van der Waals surface area (Å²) in [6, 6.07) is 38.9. The first-order valence-electron chi connectivity index (χ1n) is 13.6. The smallest absolute Gasteiger partial charge is 0.231 e. The van der Waals surface area contributed by atoms with E-state index in [-0.39, 0.29) is 24.0 Å². The highest BCUT2D eigenvalue weighted by molar-refractivity contribution is 6.23. The molecule has 0 fully saturated rings. The maximum Gasteiger partial charge on any atom is 0.231 e. The summed E-state index contributed by atoms with van der Waals surface area (Å²) >= 11 is 0. The summed E-state index contributed by atoms with van der Waals surface area (Å²) in [4.78, 5) is 15.8. The van der Waals surface area contributed by atoms with Crippen LogP contribution in [0.3, 0.4) is 0 Å². The molecule has 9 rings (SSSR count). The number of nitrogens with zero attached hydrogens (tertiary/aromatic N) is 1. The Balaban J connectivity index is 0.00000256. The highest BCUT2D eigenvalue weighted by Gasteiger charge is 2.20. The van der Waals surface area contributed by atoms with E-state index in [2.05, 4.69) is 124 Å². The number of aromatic nitrogens is 4. The van der Waals surface area contributed by atoms with Crippen LogP contribution in [0.1, 0.15) is 0 Å². The summed E-state index contributed by atoms with van der Waals surface area (Å²) in [5.41, 5.74) is 8.64. The van der Waals surface area contributed by atoms with Crippen LogP contribution in [0.15, 0.2) is 122 Å². The van der Waals surface area contributed by atoms with Crippen LogP contribution in [0.2, 0.25) is 0 Å². The Morgan fingerprint density at radius 1 is 0.463 bits per heavy atom. The number of halogens is 1. The van der Waals surface area contributed by atoms with Gasteiger partial charge in [0.25, 0.3) is 0 Å². The Bertz CT molecular complexity index is 2280. The van der Waals surface area contributed by atoms with E-state index in [1.165, 1.54) is 43.1 Å². The van der Waals surface area contributed by atoms with Crippen molar-refractivity contribution in [2.24, 2.45) is 0 Å². The van der Waals surface area contributed by atoms with Gasteiger partial charge in [-0.15, -0.1) is 0 Å². The maximum absolute atomic E-state index is 4.70. The van der Waals surface area contributed by atoms with Gasteiger partial charge in [0.15, 0.2) is 0 Å². The van der Waals surface area contributed by atoms with Crippen molar-refractivity contribution in [3.05, 3.63) is 122 Å². The molecule has 0 aliphatic rings. The molecule has 0 radical (unpaired) electrons. The third kappa shape index (κ3) is 3.52. The number of fused-ring (bicyclic) bond motifs is 10. The lowest BCUT2D eigenvalue weighted by Crippen LogP contribution is -3.00. The summed E-state index contributed by atoms with van der Waals surface area (Å²) in [7, 11) is 0. The minimum Gasteiger partial charge on any atom is -1.00 e. The molecule has 0 aliphatic heterocycles. The van der Waals surface area contributed by atoms with Gasteiger partial charge < -0.3 is 33.9 Å². The van der Waals surface area contributed by atoms with Crippen LogP contribution in [-0.2, 0) is 0 Å². The minimum absolute atomic E-state index is 0. The van der Waals surface area contributed by atoms with Gasteiger partial charge in [-0.05, 0) is 45.8 Å². The van der Waals surface area contributed by atoms with Crippen LogP contribution in [-0.4, -0.2) is 15.0 Å². The highest BCUT2D eigenvalue weighted by Crippen LogP contribution is 2.38. The van der Waals surface area contributed by atoms with Crippen molar-refractivity contribution in [2.75, 3.05) is 0 Å². The van der Waals surface area contributed by atoms with E-state index in [0.29, 0.717) is 0 Å². The Morgan fingerprint density at radius 2 is 0.927 bits per heavy atom. The van der Waals surface area contributed by atoms with Crippen LogP contribution in [0, 0.1) is 0 Å². The number of H-pyrrole nitrogens is 3. The fraction of sp³-hybridized carbons (Fsp3) is 0. The van der Waals surface area contributed by atoms with Crippen molar-refractivity contribution < 1.29 is 29.0 Å². The summed E-state index contributed by atoms with van der Waals surface area (Å²) in [5, 5.41) is 9.96. The Kier molecular flexibility index (Phi) is 5.37.